The fraction of sp³-hybridized carbons (Fsp3) is 0. The fourth-order valence-corrected chi connectivity index (χ4v) is 1.81. The van der Waals surface area contributed by atoms with Crippen LogP contribution >= 0.6 is 0 Å². The molecule has 0 saturated heterocycles. The Kier molecular flexibility index (Phi) is 2.72. The summed E-state index contributed by atoms with van der Waals surface area (Å²) in [6.45, 7) is 0. The molecular weight excluding hydrogens is 245 g/mol. The first kappa shape index (κ1) is 11.4. The van der Waals surface area contributed by atoms with E-state index in [0.717, 1.165) is 5.52 Å². The lowest BCUT2D eigenvalue weighted by Crippen LogP contribution is -2.12. The number of rotatable bonds is 2. The van der Waals surface area contributed by atoms with Gasteiger partial charge in [0, 0.05) is 11.9 Å². The largest absolute Gasteiger partial charge is 0.320 e. The van der Waals surface area contributed by atoms with Crippen molar-refractivity contribution in [3.63, 3.8) is 0 Å². The Morgan fingerprint density at radius 1 is 1.16 bits per heavy atom. The van der Waals surface area contributed by atoms with E-state index in [1.54, 1.807) is 22.8 Å². The van der Waals surface area contributed by atoms with Crippen molar-refractivity contribution in [3.8, 4) is 0 Å². The third kappa shape index (κ3) is 2.30. The molecule has 0 unspecified atom stereocenters. The van der Waals surface area contributed by atoms with E-state index in [1.165, 1.54) is 18.2 Å². The molecule has 3 aromatic rings. The van der Waals surface area contributed by atoms with Gasteiger partial charge in [-0.05, 0) is 36.4 Å². The van der Waals surface area contributed by atoms with Gasteiger partial charge in [-0.25, -0.2) is 8.91 Å². The van der Waals surface area contributed by atoms with E-state index in [4.69, 9.17) is 0 Å². The van der Waals surface area contributed by atoms with E-state index in [2.05, 4.69) is 10.4 Å². The summed E-state index contributed by atoms with van der Waals surface area (Å²) in [7, 11) is 0. The van der Waals surface area contributed by atoms with Gasteiger partial charge in [0.15, 0.2) is 5.69 Å². The number of pyridine rings is 1. The lowest BCUT2D eigenvalue weighted by atomic mass is 10.3. The molecule has 0 spiro atoms. The number of amides is 1. The number of carbonyl (C=O) groups excluding carboxylic acids is 1. The highest BCUT2D eigenvalue weighted by molar-refractivity contribution is 6.03. The minimum absolute atomic E-state index is 0.287. The Labute approximate surface area is 108 Å². The molecule has 0 bridgehead atoms. The molecule has 0 aliphatic carbocycles. The molecule has 5 heteroatoms. The van der Waals surface area contributed by atoms with Gasteiger partial charge in [0.05, 0.1) is 5.52 Å². The highest BCUT2D eigenvalue weighted by Crippen LogP contribution is 2.12. The van der Waals surface area contributed by atoms with Gasteiger partial charge in [0.25, 0.3) is 5.91 Å². The average Bonchev–Trinajstić information content (AvgIpc) is 2.82. The zero-order chi connectivity index (χ0) is 13.2. The smallest absolute Gasteiger partial charge is 0.276 e. The molecule has 0 saturated carbocycles. The number of nitrogens with zero attached hydrogens (tertiary/aromatic N) is 2. The molecule has 2 heterocycles. The lowest BCUT2D eigenvalue weighted by Gasteiger charge is -2.02. The summed E-state index contributed by atoms with van der Waals surface area (Å²) in [6, 6.07) is 13.0. The standard InChI is InChI=1S/C14H10FN3O/c15-10-4-3-5-11(8-10)16-14(19)13-9-12-6-1-2-7-18(12)17-13/h1-9H,(H,16,19). The van der Waals surface area contributed by atoms with Crippen molar-refractivity contribution in [2.45, 2.75) is 0 Å². The summed E-state index contributed by atoms with van der Waals surface area (Å²) >= 11 is 0. The van der Waals surface area contributed by atoms with E-state index >= 15 is 0 Å². The molecule has 0 aliphatic heterocycles. The SMILES string of the molecule is O=C(Nc1cccc(F)c1)c1cc2ccccn2n1. The van der Waals surface area contributed by atoms with Crippen molar-refractivity contribution in [1.29, 1.82) is 0 Å². The maximum Gasteiger partial charge on any atom is 0.276 e. The minimum atomic E-state index is -0.396. The number of carbonyl (C=O) groups is 1. The van der Waals surface area contributed by atoms with Crippen LogP contribution in [-0.2, 0) is 0 Å². The van der Waals surface area contributed by atoms with Crippen molar-refractivity contribution in [2.24, 2.45) is 0 Å². The fourth-order valence-electron chi connectivity index (χ4n) is 1.81. The molecule has 19 heavy (non-hydrogen) atoms. The van der Waals surface area contributed by atoms with Crippen molar-refractivity contribution in [3.05, 3.63) is 66.2 Å². The van der Waals surface area contributed by atoms with Crippen LogP contribution in [0.25, 0.3) is 5.52 Å². The maximum absolute atomic E-state index is 13.0. The van der Waals surface area contributed by atoms with E-state index in [9.17, 15) is 9.18 Å². The first-order valence-corrected chi connectivity index (χ1v) is 5.74. The van der Waals surface area contributed by atoms with Crippen molar-refractivity contribution < 1.29 is 9.18 Å². The minimum Gasteiger partial charge on any atom is -0.320 e. The van der Waals surface area contributed by atoms with E-state index in [-0.39, 0.29) is 11.6 Å². The van der Waals surface area contributed by atoms with Crippen LogP contribution in [0.5, 0.6) is 0 Å². The third-order valence-electron chi connectivity index (χ3n) is 2.69. The molecule has 2 aromatic heterocycles. The van der Waals surface area contributed by atoms with Gasteiger partial charge in [0.2, 0.25) is 0 Å². The topological polar surface area (TPSA) is 46.4 Å². The van der Waals surface area contributed by atoms with Crippen LogP contribution in [0.4, 0.5) is 10.1 Å². The molecular formula is C14H10FN3O. The second kappa shape index (κ2) is 4.53. The summed E-state index contributed by atoms with van der Waals surface area (Å²) in [6.07, 6.45) is 1.76. The number of nitrogens with one attached hydrogen (secondary N) is 1. The third-order valence-corrected chi connectivity index (χ3v) is 2.69. The van der Waals surface area contributed by atoms with Crippen molar-refractivity contribution >= 4 is 17.1 Å². The number of benzene rings is 1. The summed E-state index contributed by atoms with van der Waals surface area (Å²) in [5.74, 6) is -0.762. The Morgan fingerprint density at radius 2 is 2.05 bits per heavy atom. The Balaban J connectivity index is 1.87. The van der Waals surface area contributed by atoms with Gasteiger partial charge >= 0.3 is 0 Å². The average molecular weight is 255 g/mol. The highest BCUT2D eigenvalue weighted by Gasteiger charge is 2.10. The second-order valence-corrected chi connectivity index (χ2v) is 4.06. The van der Waals surface area contributed by atoms with Crippen LogP contribution < -0.4 is 5.32 Å². The van der Waals surface area contributed by atoms with E-state index in [1.807, 2.05) is 18.2 Å². The van der Waals surface area contributed by atoms with Gasteiger partial charge < -0.3 is 5.32 Å². The van der Waals surface area contributed by atoms with E-state index in [0.29, 0.717) is 5.69 Å². The molecule has 0 fully saturated rings. The molecule has 1 amide bonds. The Morgan fingerprint density at radius 3 is 2.84 bits per heavy atom. The normalized spacial score (nSPS) is 10.6. The Bertz CT molecular complexity index is 718. The molecule has 3 rings (SSSR count). The van der Waals surface area contributed by atoms with Gasteiger partial charge in [-0.1, -0.05) is 12.1 Å². The predicted molar refractivity (Wildman–Crippen MR) is 69.5 cm³/mol. The summed E-state index contributed by atoms with van der Waals surface area (Å²) in [4.78, 5) is 12.0. The first-order chi connectivity index (χ1) is 9.22. The van der Waals surface area contributed by atoms with Crippen LogP contribution in [0.15, 0.2) is 54.7 Å². The van der Waals surface area contributed by atoms with Crippen LogP contribution in [-0.4, -0.2) is 15.5 Å². The maximum atomic E-state index is 13.0. The predicted octanol–water partition coefficient (Wildman–Crippen LogP) is 2.73. The second-order valence-electron chi connectivity index (χ2n) is 4.06. The Hall–Kier alpha value is -2.69. The molecule has 0 aliphatic rings. The van der Waals surface area contributed by atoms with Gasteiger partial charge in [-0.2, -0.15) is 5.10 Å². The number of anilines is 1. The zero-order valence-corrected chi connectivity index (χ0v) is 9.88. The van der Waals surface area contributed by atoms with Crippen LogP contribution in [0, 0.1) is 5.82 Å². The molecule has 94 valence electrons. The number of fused-ring (bicyclic) bond motifs is 1. The number of aromatic nitrogens is 2. The summed E-state index contributed by atoms with van der Waals surface area (Å²) in [5.41, 5.74) is 1.52. The van der Waals surface area contributed by atoms with Crippen molar-refractivity contribution in [1.82, 2.24) is 9.61 Å². The summed E-state index contributed by atoms with van der Waals surface area (Å²) in [5, 5.41) is 6.75. The number of hydrogen-bond acceptors (Lipinski definition) is 2. The van der Waals surface area contributed by atoms with Gasteiger partial charge in [-0.3, -0.25) is 4.79 Å². The first-order valence-electron chi connectivity index (χ1n) is 5.74. The van der Waals surface area contributed by atoms with Gasteiger partial charge in [-0.15, -0.1) is 0 Å². The zero-order valence-electron chi connectivity index (χ0n) is 9.88. The number of halogens is 1. The monoisotopic (exact) mass is 255 g/mol. The molecule has 1 N–H and O–H groups in total. The molecule has 0 radical (unpaired) electrons. The molecule has 0 atom stereocenters. The lowest BCUT2D eigenvalue weighted by molar-refractivity contribution is 0.102. The quantitative estimate of drug-likeness (QED) is 0.765. The highest BCUT2D eigenvalue weighted by atomic mass is 19.1. The summed E-state index contributed by atoms with van der Waals surface area (Å²) < 4.78 is 14.6. The van der Waals surface area contributed by atoms with Crippen LogP contribution in [0.2, 0.25) is 0 Å². The number of hydrogen-bond donors (Lipinski definition) is 1. The van der Waals surface area contributed by atoms with Crippen LogP contribution in [0.1, 0.15) is 10.5 Å². The van der Waals surface area contributed by atoms with E-state index < -0.39 is 5.82 Å². The van der Waals surface area contributed by atoms with Crippen molar-refractivity contribution in [2.75, 3.05) is 5.32 Å². The molecule has 1 aromatic carbocycles. The van der Waals surface area contributed by atoms with Crippen LogP contribution in [0.3, 0.4) is 0 Å². The van der Waals surface area contributed by atoms with Gasteiger partial charge in [0.1, 0.15) is 5.82 Å². The molecule has 4 nitrogen and oxygen atoms in total.